The first-order valence-corrected chi connectivity index (χ1v) is 6.39. The third kappa shape index (κ3) is 3.08. The van der Waals surface area contributed by atoms with Crippen LogP contribution in [0, 0.1) is 0 Å². The topological polar surface area (TPSA) is 76.0 Å². The summed E-state index contributed by atoms with van der Waals surface area (Å²) in [5.41, 5.74) is 0.289. The van der Waals surface area contributed by atoms with E-state index in [0.717, 1.165) is 26.2 Å². The molecule has 1 heterocycles. The van der Waals surface area contributed by atoms with Crippen LogP contribution in [0.5, 0.6) is 17.2 Å². The Bertz CT molecular complexity index is 413. The van der Waals surface area contributed by atoms with Crippen LogP contribution < -0.4 is 5.32 Å². The molecule has 106 valence electrons. The molecule has 1 aromatic rings. The van der Waals surface area contributed by atoms with E-state index in [1.807, 2.05) is 4.90 Å². The molecule has 0 bridgehead atoms. The van der Waals surface area contributed by atoms with E-state index in [2.05, 4.69) is 5.32 Å². The highest BCUT2D eigenvalue weighted by Gasteiger charge is 2.27. The van der Waals surface area contributed by atoms with Crippen molar-refractivity contribution in [3.63, 3.8) is 0 Å². The van der Waals surface area contributed by atoms with Crippen LogP contribution >= 0.6 is 0 Å². The molecule has 0 aliphatic carbocycles. The predicted molar refractivity (Wildman–Crippen MR) is 69.2 cm³/mol. The smallest absolute Gasteiger partial charge is 0.127 e. The molecule has 1 aromatic carbocycles. The highest BCUT2D eigenvalue weighted by atomic mass is 19.1. The lowest BCUT2D eigenvalue weighted by Crippen LogP contribution is -2.45. The number of halogens is 1. The van der Waals surface area contributed by atoms with Crippen LogP contribution in [0.15, 0.2) is 12.1 Å². The number of aromatic hydroxyl groups is 3. The Kier molecular flexibility index (Phi) is 4.44. The van der Waals surface area contributed by atoms with E-state index in [9.17, 15) is 19.7 Å². The molecule has 5 nitrogen and oxygen atoms in total. The molecule has 1 aliphatic heterocycles. The summed E-state index contributed by atoms with van der Waals surface area (Å²) in [5, 5.41) is 32.4. The fourth-order valence-electron chi connectivity index (χ4n) is 2.56. The molecule has 4 N–H and O–H groups in total. The fraction of sp³-hybridized carbons (Fsp3) is 0.538. The zero-order valence-corrected chi connectivity index (χ0v) is 10.6. The molecule has 0 aromatic heterocycles. The lowest BCUT2D eigenvalue weighted by molar-refractivity contribution is 0.152. The average Bonchev–Trinajstić information content (AvgIpc) is 2.37. The number of hydrogen-bond acceptors (Lipinski definition) is 5. The van der Waals surface area contributed by atoms with Crippen molar-refractivity contribution in [1.82, 2.24) is 10.2 Å². The number of nitrogens with zero attached hydrogens (tertiary/aromatic N) is 1. The highest BCUT2D eigenvalue weighted by molar-refractivity contribution is 5.50. The molecule has 1 aliphatic rings. The number of rotatable bonds is 4. The number of hydrogen-bond donors (Lipinski definition) is 4. The standard InChI is InChI=1S/C13H19FN2O3/c14-2-1-10(16-5-3-15-4-6-16)13-11(18)7-9(17)8-12(13)19/h7-8,10,15,17-19H,1-6H2/t10-/m1/s1. The highest BCUT2D eigenvalue weighted by Crippen LogP contribution is 2.40. The molecular formula is C13H19FN2O3. The zero-order valence-electron chi connectivity index (χ0n) is 10.6. The number of phenols is 3. The summed E-state index contributed by atoms with van der Waals surface area (Å²) in [6.07, 6.45) is 0.200. The average molecular weight is 270 g/mol. The number of nitrogens with one attached hydrogen (secondary N) is 1. The summed E-state index contributed by atoms with van der Waals surface area (Å²) >= 11 is 0. The van der Waals surface area contributed by atoms with Crippen LogP contribution in [0.25, 0.3) is 0 Å². The lowest BCUT2D eigenvalue weighted by Gasteiger charge is -2.35. The minimum absolute atomic E-state index is 0.200. The number of alkyl halides is 1. The maximum absolute atomic E-state index is 12.8. The quantitative estimate of drug-likeness (QED) is 0.659. The summed E-state index contributed by atoms with van der Waals surface area (Å²) in [7, 11) is 0. The van der Waals surface area contributed by atoms with Gasteiger partial charge in [0.15, 0.2) is 0 Å². The van der Waals surface area contributed by atoms with Gasteiger partial charge in [0, 0.05) is 44.4 Å². The molecule has 19 heavy (non-hydrogen) atoms. The van der Waals surface area contributed by atoms with E-state index < -0.39 is 6.67 Å². The van der Waals surface area contributed by atoms with Gasteiger partial charge in [0.2, 0.25) is 0 Å². The Labute approximate surface area is 111 Å². The van der Waals surface area contributed by atoms with E-state index in [1.54, 1.807) is 0 Å². The molecule has 1 saturated heterocycles. The van der Waals surface area contributed by atoms with Gasteiger partial charge in [0.05, 0.1) is 12.2 Å². The van der Waals surface area contributed by atoms with Crippen LogP contribution in [0.3, 0.4) is 0 Å². The predicted octanol–water partition coefficient (Wildman–Crippen LogP) is 1.11. The van der Waals surface area contributed by atoms with Crippen LogP contribution in [0.2, 0.25) is 0 Å². The largest absolute Gasteiger partial charge is 0.508 e. The van der Waals surface area contributed by atoms with Gasteiger partial charge < -0.3 is 20.6 Å². The SMILES string of the molecule is Oc1cc(O)c([C@@H](CCF)N2CCNCC2)c(O)c1. The minimum atomic E-state index is -0.533. The van der Waals surface area contributed by atoms with Crippen molar-refractivity contribution in [2.75, 3.05) is 32.9 Å². The molecule has 1 fully saturated rings. The van der Waals surface area contributed by atoms with Gasteiger partial charge in [-0.05, 0) is 6.42 Å². The Hall–Kier alpha value is -1.53. The van der Waals surface area contributed by atoms with Crippen molar-refractivity contribution in [2.45, 2.75) is 12.5 Å². The lowest BCUT2D eigenvalue weighted by atomic mass is 9.99. The van der Waals surface area contributed by atoms with Gasteiger partial charge in [0.1, 0.15) is 17.2 Å². The van der Waals surface area contributed by atoms with E-state index in [-0.39, 0.29) is 35.3 Å². The number of phenolic OH excluding ortho intramolecular Hbond substituents is 3. The normalized spacial score (nSPS) is 18.4. The van der Waals surface area contributed by atoms with Crippen molar-refractivity contribution < 1.29 is 19.7 Å². The van der Waals surface area contributed by atoms with Gasteiger partial charge in [-0.3, -0.25) is 9.29 Å². The van der Waals surface area contributed by atoms with Gasteiger partial charge >= 0.3 is 0 Å². The molecule has 0 spiro atoms. The van der Waals surface area contributed by atoms with Crippen LogP contribution in [0.1, 0.15) is 18.0 Å². The summed E-state index contributed by atoms with van der Waals surface area (Å²) in [6.45, 7) is 2.51. The maximum atomic E-state index is 12.8. The summed E-state index contributed by atoms with van der Waals surface area (Å²) < 4.78 is 12.8. The van der Waals surface area contributed by atoms with Crippen LogP contribution in [-0.4, -0.2) is 53.1 Å². The molecule has 0 saturated carbocycles. The fourth-order valence-corrected chi connectivity index (χ4v) is 2.56. The second-order valence-electron chi connectivity index (χ2n) is 4.68. The third-order valence-electron chi connectivity index (χ3n) is 3.43. The van der Waals surface area contributed by atoms with Gasteiger partial charge in [0.25, 0.3) is 0 Å². The van der Waals surface area contributed by atoms with Crippen molar-refractivity contribution in [3.05, 3.63) is 17.7 Å². The monoisotopic (exact) mass is 270 g/mol. The van der Waals surface area contributed by atoms with E-state index in [0.29, 0.717) is 0 Å². The summed E-state index contributed by atoms with van der Waals surface area (Å²) in [6, 6.07) is 1.96. The van der Waals surface area contributed by atoms with E-state index >= 15 is 0 Å². The number of piperazine rings is 1. The Balaban J connectivity index is 2.32. The van der Waals surface area contributed by atoms with Crippen LogP contribution in [0.4, 0.5) is 4.39 Å². The van der Waals surface area contributed by atoms with Gasteiger partial charge in [-0.15, -0.1) is 0 Å². The second kappa shape index (κ2) is 6.08. The van der Waals surface area contributed by atoms with E-state index in [4.69, 9.17) is 0 Å². The minimum Gasteiger partial charge on any atom is -0.508 e. The van der Waals surface area contributed by atoms with Crippen molar-refractivity contribution in [1.29, 1.82) is 0 Å². The zero-order chi connectivity index (χ0) is 13.8. The van der Waals surface area contributed by atoms with Gasteiger partial charge in [-0.1, -0.05) is 0 Å². The van der Waals surface area contributed by atoms with E-state index in [1.165, 1.54) is 12.1 Å². The third-order valence-corrected chi connectivity index (χ3v) is 3.43. The summed E-state index contributed by atoms with van der Waals surface area (Å²) in [4.78, 5) is 2.03. The summed E-state index contributed by atoms with van der Waals surface area (Å²) in [5.74, 6) is -0.609. The molecular weight excluding hydrogens is 251 g/mol. The molecule has 0 unspecified atom stereocenters. The Morgan fingerprint density at radius 3 is 2.26 bits per heavy atom. The maximum Gasteiger partial charge on any atom is 0.127 e. The Morgan fingerprint density at radius 2 is 1.74 bits per heavy atom. The van der Waals surface area contributed by atoms with Crippen molar-refractivity contribution in [3.8, 4) is 17.2 Å². The van der Waals surface area contributed by atoms with Gasteiger partial charge in [-0.2, -0.15) is 0 Å². The second-order valence-corrected chi connectivity index (χ2v) is 4.68. The Morgan fingerprint density at radius 1 is 1.16 bits per heavy atom. The molecule has 6 heteroatoms. The first-order chi connectivity index (χ1) is 9.13. The molecule has 0 radical (unpaired) electrons. The van der Waals surface area contributed by atoms with Crippen molar-refractivity contribution >= 4 is 0 Å². The molecule has 0 amide bonds. The molecule has 2 rings (SSSR count). The van der Waals surface area contributed by atoms with Crippen LogP contribution in [-0.2, 0) is 0 Å². The first-order valence-electron chi connectivity index (χ1n) is 6.39. The van der Waals surface area contributed by atoms with Crippen molar-refractivity contribution in [2.24, 2.45) is 0 Å². The first kappa shape index (κ1) is 13.9. The van der Waals surface area contributed by atoms with Gasteiger partial charge in [-0.25, -0.2) is 0 Å². The number of benzene rings is 1. The molecule has 1 atom stereocenters.